The Labute approximate surface area is 117 Å². The maximum absolute atomic E-state index is 11.0. The molecule has 0 aliphatic heterocycles. The zero-order valence-corrected chi connectivity index (χ0v) is 11.7. The van der Waals surface area contributed by atoms with Crippen molar-refractivity contribution < 1.29 is 9.90 Å². The minimum Gasteiger partial charge on any atom is -0.478 e. The van der Waals surface area contributed by atoms with Gasteiger partial charge in [-0.1, -0.05) is 6.07 Å². The van der Waals surface area contributed by atoms with E-state index in [0.29, 0.717) is 0 Å². The van der Waals surface area contributed by atoms with Crippen molar-refractivity contribution in [2.45, 2.75) is 26.8 Å². The molecule has 2 aromatic rings. The average Bonchev–Trinajstić information content (AvgIpc) is 2.41. The van der Waals surface area contributed by atoms with Crippen LogP contribution in [0.3, 0.4) is 0 Å². The van der Waals surface area contributed by atoms with E-state index in [0.717, 1.165) is 22.6 Å². The molecule has 20 heavy (non-hydrogen) atoms. The minimum absolute atomic E-state index is 0.0496. The van der Waals surface area contributed by atoms with Crippen LogP contribution in [0.1, 0.15) is 40.3 Å². The molecule has 0 radical (unpaired) electrons. The van der Waals surface area contributed by atoms with Gasteiger partial charge >= 0.3 is 5.97 Å². The standard InChI is InChI=1S/C15H17N3O2/c1-9-4-5-12(15(19)20)8-13(9)18-11(3)14-10(2)16-6-7-17-14/h4-8,11,18H,1-3H3,(H,19,20). The number of carbonyl (C=O) groups is 1. The van der Waals surface area contributed by atoms with Crippen LogP contribution in [0.2, 0.25) is 0 Å². The number of nitrogens with one attached hydrogen (secondary N) is 1. The highest BCUT2D eigenvalue weighted by Gasteiger charge is 2.13. The molecule has 0 saturated heterocycles. The second-order valence-electron chi connectivity index (χ2n) is 4.73. The number of aryl methyl sites for hydroxylation is 2. The van der Waals surface area contributed by atoms with Gasteiger partial charge in [-0.05, 0) is 38.5 Å². The molecule has 1 aromatic carbocycles. The van der Waals surface area contributed by atoms with E-state index in [1.807, 2.05) is 20.8 Å². The molecular formula is C15H17N3O2. The quantitative estimate of drug-likeness (QED) is 0.894. The first-order chi connectivity index (χ1) is 9.49. The summed E-state index contributed by atoms with van der Waals surface area (Å²) in [6, 6.07) is 4.98. The molecule has 0 saturated carbocycles. The Kier molecular flexibility index (Phi) is 3.98. The Morgan fingerprint density at radius 2 is 1.95 bits per heavy atom. The molecule has 104 valence electrons. The molecule has 0 spiro atoms. The predicted molar refractivity (Wildman–Crippen MR) is 76.9 cm³/mol. The van der Waals surface area contributed by atoms with E-state index in [1.165, 1.54) is 0 Å². The summed E-state index contributed by atoms with van der Waals surface area (Å²) in [7, 11) is 0. The van der Waals surface area contributed by atoms with Crippen molar-refractivity contribution >= 4 is 11.7 Å². The summed E-state index contributed by atoms with van der Waals surface area (Å²) in [5, 5.41) is 12.3. The van der Waals surface area contributed by atoms with Gasteiger partial charge in [-0.15, -0.1) is 0 Å². The summed E-state index contributed by atoms with van der Waals surface area (Å²) in [6.45, 7) is 5.81. The molecule has 0 aliphatic carbocycles. The highest BCUT2D eigenvalue weighted by molar-refractivity contribution is 5.89. The summed E-state index contributed by atoms with van der Waals surface area (Å²) in [4.78, 5) is 19.6. The number of benzene rings is 1. The third kappa shape index (κ3) is 2.93. The van der Waals surface area contributed by atoms with Gasteiger partial charge in [0.1, 0.15) is 0 Å². The summed E-state index contributed by atoms with van der Waals surface area (Å²) in [5.74, 6) is -0.934. The number of aromatic nitrogens is 2. The van der Waals surface area contributed by atoms with E-state index >= 15 is 0 Å². The van der Waals surface area contributed by atoms with E-state index in [4.69, 9.17) is 5.11 Å². The van der Waals surface area contributed by atoms with Crippen molar-refractivity contribution in [3.05, 3.63) is 53.1 Å². The van der Waals surface area contributed by atoms with Gasteiger partial charge in [0.15, 0.2) is 0 Å². The summed E-state index contributed by atoms with van der Waals surface area (Å²) >= 11 is 0. The molecule has 2 N–H and O–H groups in total. The van der Waals surface area contributed by atoms with E-state index in [9.17, 15) is 4.79 Å². The van der Waals surface area contributed by atoms with Gasteiger partial charge in [-0.25, -0.2) is 4.79 Å². The van der Waals surface area contributed by atoms with Crippen molar-refractivity contribution in [2.24, 2.45) is 0 Å². The van der Waals surface area contributed by atoms with Gasteiger partial charge in [0.05, 0.1) is 23.0 Å². The van der Waals surface area contributed by atoms with Gasteiger partial charge in [0.2, 0.25) is 0 Å². The molecule has 0 bridgehead atoms. The van der Waals surface area contributed by atoms with E-state index in [-0.39, 0.29) is 11.6 Å². The molecule has 5 nitrogen and oxygen atoms in total. The minimum atomic E-state index is -0.934. The van der Waals surface area contributed by atoms with Crippen molar-refractivity contribution in [3.63, 3.8) is 0 Å². The zero-order valence-electron chi connectivity index (χ0n) is 11.7. The number of aromatic carboxylic acids is 1. The third-order valence-electron chi connectivity index (χ3n) is 3.19. The Bertz CT molecular complexity index is 641. The summed E-state index contributed by atoms with van der Waals surface area (Å²) in [6.07, 6.45) is 3.31. The Hall–Kier alpha value is -2.43. The summed E-state index contributed by atoms with van der Waals surface area (Å²) in [5.41, 5.74) is 3.76. The van der Waals surface area contributed by atoms with Crippen LogP contribution in [-0.2, 0) is 0 Å². The zero-order chi connectivity index (χ0) is 14.7. The molecule has 1 unspecified atom stereocenters. The maximum Gasteiger partial charge on any atom is 0.335 e. The van der Waals surface area contributed by atoms with Crippen LogP contribution in [0.25, 0.3) is 0 Å². The lowest BCUT2D eigenvalue weighted by Gasteiger charge is -2.18. The fourth-order valence-corrected chi connectivity index (χ4v) is 2.06. The average molecular weight is 271 g/mol. The molecule has 1 aromatic heterocycles. The van der Waals surface area contributed by atoms with E-state index < -0.39 is 5.97 Å². The van der Waals surface area contributed by atoms with Crippen LogP contribution >= 0.6 is 0 Å². The topological polar surface area (TPSA) is 75.1 Å². The lowest BCUT2D eigenvalue weighted by atomic mass is 10.1. The van der Waals surface area contributed by atoms with Crippen LogP contribution in [0.4, 0.5) is 5.69 Å². The normalized spacial score (nSPS) is 11.9. The van der Waals surface area contributed by atoms with Crippen LogP contribution < -0.4 is 5.32 Å². The highest BCUT2D eigenvalue weighted by Crippen LogP contribution is 2.23. The maximum atomic E-state index is 11.0. The second-order valence-corrected chi connectivity index (χ2v) is 4.73. The van der Waals surface area contributed by atoms with E-state index in [1.54, 1.807) is 30.6 Å². The number of hydrogen-bond donors (Lipinski definition) is 2. The highest BCUT2D eigenvalue weighted by atomic mass is 16.4. The number of carboxylic acids is 1. The number of anilines is 1. The molecule has 0 aliphatic rings. The van der Waals surface area contributed by atoms with Crippen LogP contribution in [0, 0.1) is 13.8 Å². The number of nitrogens with zero attached hydrogens (tertiary/aromatic N) is 2. The number of carboxylic acid groups (broad SMARTS) is 1. The molecule has 1 atom stereocenters. The second kappa shape index (κ2) is 5.69. The smallest absolute Gasteiger partial charge is 0.335 e. The van der Waals surface area contributed by atoms with Gasteiger partial charge in [-0.2, -0.15) is 0 Å². The molecule has 5 heteroatoms. The lowest BCUT2D eigenvalue weighted by Crippen LogP contribution is -2.12. The Morgan fingerprint density at radius 1 is 1.25 bits per heavy atom. The molecule has 0 amide bonds. The molecular weight excluding hydrogens is 254 g/mol. The van der Waals surface area contributed by atoms with Crippen LogP contribution in [-0.4, -0.2) is 21.0 Å². The summed E-state index contributed by atoms with van der Waals surface area (Å²) < 4.78 is 0. The molecule has 2 rings (SSSR count). The van der Waals surface area contributed by atoms with E-state index in [2.05, 4.69) is 15.3 Å². The van der Waals surface area contributed by atoms with Gasteiger partial charge in [0.25, 0.3) is 0 Å². The fourth-order valence-electron chi connectivity index (χ4n) is 2.06. The van der Waals surface area contributed by atoms with Crippen molar-refractivity contribution in [3.8, 4) is 0 Å². The van der Waals surface area contributed by atoms with Crippen LogP contribution in [0.5, 0.6) is 0 Å². The lowest BCUT2D eigenvalue weighted by molar-refractivity contribution is 0.0697. The first-order valence-corrected chi connectivity index (χ1v) is 6.37. The van der Waals surface area contributed by atoms with Crippen molar-refractivity contribution in [1.29, 1.82) is 0 Å². The van der Waals surface area contributed by atoms with Gasteiger partial charge < -0.3 is 10.4 Å². The number of hydrogen-bond acceptors (Lipinski definition) is 4. The van der Waals surface area contributed by atoms with Gasteiger partial charge in [-0.3, -0.25) is 9.97 Å². The first-order valence-electron chi connectivity index (χ1n) is 6.37. The monoisotopic (exact) mass is 271 g/mol. The SMILES string of the molecule is Cc1ccc(C(=O)O)cc1NC(C)c1nccnc1C. The van der Waals surface area contributed by atoms with Gasteiger partial charge in [0, 0.05) is 18.1 Å². The van der Waals surface area contributed by atoms with Crippen LogP contribution in [0.15, 0.2) is 30.6 Å². The Morgan fingerprint density at radius 3 is 2.60 bits per heavy atom. The molecule has 0 fully saturated rings. The Balaban J connectivity index is 2.28. The number of rotatable bonds is 4. The largest absolute Gasteiger partial charge is 0.478 e. The van der Waals surface area contributed by atoms with Crippen molar-refractivity contribution in [2.75, 3.05) is 5.32 Å². The fraction of sp³-hybridized carbons (Fsp3) is 0.267. The third-order valence-corrected chi connectivity index (χ3v) is 3.19. The predicted octanol–water partition coefficient (Wildman–Crippen LogP) is 2.96. The molecule has 1 heterocycles. The van der Waals surface area contributed by atoms with Crippen molar-refractivity contribution in [1.82, 2.24) is 9.97 Å². The first kappa shape index (κ1) is 14.0.